The molecule has 6 nitrogen and oxygen atoms in total. The van der Waals surface area contributed by atoms with E-state index in [0.717, 1.165) is 17.1 Å². The van der Waals surface area contributed by atoms with Gasteiger partial charge in [-0.05, 0) is 6.42 Å². The van der Waals surface area contributed by atoms with Crippen LogP contribution in [0.25, 0.3) is 0 Å². The number of rotatable bonds is 5. The molecule has 0 amide bonds. The molecule has 1 heterocycles. The third-order valence-electron chi connectivity index (χ3n) is 2.77. The van der Waals surface area contributed by atoms with Crippen molar-refractivity contribution >= 4 is 10.2 Å². The van der Waals surface area contributed by atoms with Crippen LogP contribution in [0.3, 0.4) is 0 Å². The van der Waals surface area contributed by atoms with Gasteiger partial charge in [-0.3, -0.25) is 0 Å². The molecule has 0 aromatic heterocycles. The first-order chi connectivity index (χ1) is 7.39. The van der Waals surface area contributed by atoms with Crippen LogP contribution in [0.2, 0.25) is 0 Å². The Morgan fingerprint density at radius 3 is 2.25 bits per heavy atom. The van der Waals surface area contributed by atoms with E-state index in [1.54, 1.807) is 0 Å². The number of aliphatic hydroxyl groups is 2. The first-order valence-corrected chi connectivity index (χ1v) is 6.86. The van der Waals surface area contributed by atoms with Crippen LogP contribution >= 0.6 is 0 Å². The summed E-state index contributed by atoms with van der Waals surface area (Å²) in [5.41, 5.74) is 0. The van der Waals surface area contributed by atoms with Crippen LogP contribution in [0.1, 0.15) is 19.8 Å². The summed E-state index contributed by atoms with van der Waals surface area (Å²) in [6.07, 6.45) is -0.233. The van der Waals surface area contributed by atoms with Crippen molar-refractivity contribution in [2.75, 3.05) is 26.7 Å². The van der Waals surface area contributed by atoms with Crippen molar-refractivity contribution in [3.63, 3.8) is 0 Å². The summed E-state index contributed by atoms with van der Waals surface area (Å²) in [5.74, 6) is 0. The highest BCUT2D eigenvalue weighted by molar-refractivity contribution is 7.86. The normalized spacial score (nSPS) is 27.8. The summed E-state index contributed by atoms with van der Waals surface area (Å²) in [7, 11) is -2.01. The van der Waals surface area contributed by atoms with E-state index in [9.17, 15) is 18.6 Å². The largest absolute Gasteiger partial charge is 0.389 e. The summed E-state index contributed by atoms with van der Waals surface area (Å²) in [4.78, 5) is 0. The number of hydrogen-bond acceptors (Lipinski definition) is 4. The molecule has 0 spiro atoms. The Kier molecular flexibility index (Phi) is 4.69. The van der Waals surface area contributed by atoms with Crippen LogP contribution in [0, 0.1) is 0 Å². The highest BCUT2D eigenvalue weighted by atomic mass is 32.2. The van der Waals surface area contributed by atoms with Crippen LogP contribution in [0.5, 0.6) is 0 Å². The van der Waals surface area contributed by atoms with Crippen LogP contribution in [-0.4, -0.2) is 66.1 Å². The average Bonchev–Trinajstić information content (AvgIpc) is 2.56. The number of nitrogens with zero attached hydrogens (tertiary/aromatic N) is 2. The molecule has 2 N–H and O–H groups in total. The fraction of sp³-hybridized carbons (Fsp3) is 1.00. The minimum Gasteiger partial charge on any atom is -0.389 e. The van der Waals surface area contributed by atoms with E-state index in [4.69, 9.17) is 0 Å². The Morgan fingerprint density at radius 2 is 1.81 bits per heavy atom. The van der Waals surface area contributed by atoms with Gasteiger partial charge in [0, 0.05) is 26.7 Å². The molecule has 0 radical (unpaired) electrons. The van der Waals surface area contributed by atoms with Crippen LogP contribution in [0.4, 0.5) is 0 Å². The molecule has 96 valence electrons. The average molecular weight is 252 g/mol. The number of hydrogen-bond donors (Lipinski definition) is 2. The fourth-order valence-corrected chi connectivity index (χ4v) is 3.05. The van der Waals surface area contributed by atoms with Gasteiger partial charge in [-0.1, -0.05) is 13.3 Å². The summed E-state index contributed by atoms with van der Waals surface area (Å²) in [5, 5.41) is 18.6. The molecule has 2 atom stereocenters. The van der Waals surface area contributed by atoms with Gasteiger partial charge in [0.25, 0.3) is 10.2 Å². The third kappa shape index (κ3) is 2.92. The minimum absolute atomic E-state index is 0.0278. The topological polar surface area (TPSA) is 81.1 Å². The van der Waals surface area contributed by atoms with Gasteiger partial charge < -0.3 is 10.2 Å². The lowest BCUT2D eigenvalue weighted by Gasteiger charge is -2.23. The van der Waals surface area contributed by atoms with Crippen molar-refractivity contribution < 1.29 is 18.6 Å². The molecule has 0 aromatic rings. The Hall–Kier alpha value is -0.210. The molecule has 1 rings (SSSR count). The number of β-amino-alcohol motifs (C(OH)–C–C–N with tert-alkyl or cyclic N) is 2. The Balaban J connectivity index is 2.64. The quantitative estimate of drug-likeness (QED) is 0.657. The summed E-state index contributed by atoms with van der Waals surface area (Å²) in [6, 6.07) is 0. The lowest BCUT2D eigenvalue weighted by molar-refractivity contribution is 0.0572. The Labute approximate surface area is 96.7 Å². The van der Waals surface area contributed by atoms with Crippen LogP contribution in [0.15, 0.2) is 0 Å². The first kappa shape index (κ1) is 13.9. The standard InChI is InChI=1S/C9H20N2O4S/c1-3-4-5-10(2)16(14,15)11-6-8(12)9(13)7-11/h8-9,12-13H,3-7H2,1-2H3/t8-,9+. The maximum atomic E-state index is 12.0. The fourth-order valence-electron chi connectivity index (χ4n) is 1.62. The molecule has 0 bridgehead atoms. The molecule has 0 aromatic carbocycles. The minimum atomic E-state index is -3.53. The summed E-state index contributed by atoms with van der Waals surface area (Å²) in [6.45, 7) is 2.39. The van der Waals surface area contributed by atoms with Crippen molar-refractivity contribution in [3.8, 4) is 0 Å². The predicted octanol–water partition coefficient (Wildman–Crippen LogP) is -0.999. The van der Waals surface area contributed by atoms with E-state index < -0.39 is 22.4 Å². The van der Waals surface area contributed by atoms with E-state index >= 15 is 0 Å². The lowest BCUT2D eigenvalue weighted by atomic mass is 10.3. The van der Waals surface area contributed by atoms with Gasteiger partial charge in [0.05, 0.1) is 12.2 Å². The number of unbranched alkanes of at least 4 members (excludes halogenated alkanes) is 1. The van der Waals surface area contributed by atoms with Gasteiger partial charge >= 0.3 is 0 Å². The summed E-state index contributed by atoms with van der Waals surface area (Å²) >= 11 is 0. The predicted molar refractivity (Wildman–Crippen MR) is 60.0 cm³/mol. The van der Waals surface area contributed by atoms with E-state index in [1.165, 1.54) is 11.4 Å². The molecule has 0 aliphatic carbocycles. The second-order valence-corrected chi connectivity index (χ2v) is 6.17. The molecule has 0 unspecified atom stereocenters. The molecule has 1 aliphatic rings. The molecular formula is C9H20N2O4S. The van der Waals surface area contributed by atoms with Gasteiger partial charge in [-0.15, -0.1) is 0 Å². The molecule has 16 heavy (non-hydrogen) atoms. The highest BCUT2D eigenvalue weighted by Crippen LogP contribution is 2.16. The first-order valence-electron chi connectivity index (χ1n) is 5.47. The zero-order chi connectivity index (χ0) is 12.3. The van der Waals surface area contributed by atoms with E-state index in [2.05, 4.69) is 0 Å². The number of aliphatic hydroxyl groups excluding tert-OH is 2. The second-order valence-electron chi connectivity index (χ2n) is 4.13. The molecule has 1 fully saturated rings. The molecular weight excluding hydrogens is 232 g/mol. The molecule has 1 saturated heterocycles. The lowest BCUT2D eigenvalue weighted by Crippen LogP contribution is -2.41. The van der Waals surface area contributed by atoms with E-state index in [1.807, 2.05) is 6.92 Å². The van der Waals surface area contributed by atoms with Crippen molar-refractivity contribution in [1.82, 2.24) is 8.61 Å². The van der Waals surface area contributed by atoms with Crippen LogP contribution in [-0.2, 0) is 10.2 Å². The van der Waals surface area contributed by atoms with Gasteiger partial charge in [-0.25, -0.2) is 0 Å². The third-order valence-corrected chi connectivity index (χ3v) is 4.69. The van der Waals surface area contributed by atoms with Gasteiger partial charge in [0.1, 0.15) is 0 Å². The highest BCUT2D eigenvalue weighted by Gasteiger charge is 2.38. The van der Waals surface area contributed by atoms with Crippen molar-refractivity contribution in [1.29, 1.82) is 0 Å². The SMILES string of the molecule is CCCCN(C)S(=O)(=O)N1C[C@@H](O)[C@@H](O)C1. The monoisotopic (exact) mass is 252 g/mol. The molecule has 1 aliphatic heterocycles. The maximum absolute atomic E-state index is 12.0. The smallest absolute Gasteiger partial charge is 0.281 e. The molecule has 0 saturated carbocycles. The molecule has 7 heteroatoms. The Bertz CT molecular complexity index is 309. The summed E-state index contributed by atoms with van der Waals surface area (Å²) < 4.78 is 26.3. The van der Waals surface area contributed by atoms with Gasteiger partial charge in [-0.2, -0.15) is 17.0 Å². The van der Waals surface area contributed by atoms with E-state index in [-0.39, 0.29) is 13.1 Å². The zero-order valence-corrected chi connectivity index (χ0v) is 10.5. The van der Waals surface area contributed by atoms with Gasteiger partial charge in [0.2, 0.25) is 0 Å². The van der Waals surface area contributed by atoms with Gasteiger partial charge in [0.15, 0.2) is 0 Å². The van der Waals surface area contributed by atoms with E-state index in [0.29, 0.717) is 6.54 Å². The second kappa shape index (κ2) is 5.42. The van der Waals surface area contributed by atoms with Crippen molar-refractivity contribution in [3.05, 3.63) is 0 Å². The van der Waals surface area contributed by atoms with Crippen molar-refractivity contribution in [2.24, 2.45) is 0 Å². The van der Waals surface area contributed by atoms with Crippen LogP contribution < -0.4 is 0 Å². The van der Waals surface area contributed by atoms with Crippen molar-refractivity contribution in [2.45, 2.75) is 32.0 Å². The zero-order valence-electron chi connectivity index (χ0n) is 9.70. The Morgan fingerprint density at radius 1 is 1.31 bits per heavy atom. The maximum Gasteiger partial charge on any atom is 0.281 e.